The van der Waals surface area contributed by atoms with Crippen LogP contribution in [0.2, 0.25) is 0 Å². The van der Waals surface area contributed by atoms with Gasteiger partial charge in [0.2, 0.25) is 0 Å². The van der Waals surface area contributed by atoms with Gasteiger partial charge < -0.3 is 0 Å². The predicted molar refractivity (Wildman–Crippen MR) is 70.3 cm³/mol. The van der Waals surface area contributed by atoms with Gasteiger partial charge in [0.15, 0.2) is 0 Å². The van der Waals surface area contributed by atoms with E-state index in [0.717, 1.165) is 5.56 Å². The maximum atomic E-state index is 11.6. The quantitative estimate of drug-likeness (QED) is 0.655. The van der Waals surface area contributed by atoms with E-state index < -0.39 is 0 Å². The lowest BCUT2D eigenvalue weighted by molar-refractivity contribution is 0.0955. The summed E-state index contributed by atoms with van der Waals surface area (Å²) >= 11 is 0. The molecular weight excluding hydrogens is 226 g/mol. The molecule has 4 heteroatoms. The number of hydrogen-bond donors (Lipinski definition) is 1. The molecule has 1 aromatic heterocycles. The minimum absolute atomic E-state index is 0.235. The van der Waals surface area contributed by atoms with Crippen molar-refractivity contribution in [3.05, 3.63) is 66.0 Å². The van der Waals surface area contributed by atoms with E-state index in [1.807, 2.05) is 30.3 Å². The number of hydrazone groups is 1. The smallest absolute Gasteiger partial charge is 0.267 e. The molecule has 2 aromatic rings. The zero-order valence-corrected chi connectivity index (χ0v) is 9.78. The van der Waals surface area contributed by atoms with Gasteiger partial charge in [-0.25, -0.2) is 5.43 Å². The van der Waals surface area contributed by atoms with Crippen LogP contribution in [0.1, 0.15) is 15.9 Å². The number of pyridine rings is 1. The molecule has 0 unspecified atom stereocenters. The fourth-order valence-corrected chi connectivity index (χ4v) is 1.44. The van der Waals surface area contributed by atoms with Crippen LogP contribution in [-0.4, -0.2) is 17.1 Å². The van der Waals surface area contributed by atoms with Gasteiger partial charge >= 0.3 is 0 Å². The van der Waals surface area contributed by atoms with Crippen molar-refractivity contribution in [3.8, 4) is 0 Å². The third-order valence-corrected chi connectivity index (χ3v) is 2.37. The van der Waals surface area contributed by atoms with E-state index in [0.29, 0.717) is 12.0 Å². The Balaban J connectivity index is 1.83. The number of rotatable bonds is 4. The normalized spacial score (nSPS) is 10.4. The third kappa shape index (κ3) is 3.52. The number of carbonyl (C=O) groups is 1. The maximum Gasteiger partial charge on any atom is 0.271 e. The van der Waals surface area contributed by atoms with Gasteiger partial charge in [-0.1, -0.05) is 30.3 Å². The zero-order valence-electron chi connectivity index (χ0n) is 9.78. The molecule has 1 heterocycles. The first-order valence-corrected chi connectivity index (χ1v) is 5.62. The van der Waals surface area contributed by atoms with Crippen molar-refractivity contribution < 1.29 is 4.79 Å². The summed E-state index contributed by atoms with van der Waals surface area (Å²) in [5.41, 5.74) is 4.17. The van der Waals surface area contributed by atoms with Crippen molar-refractivity contribution in [2.24, 2.45) is 5.10 Å². The van der Waals surface area contributed by atoms with Crippen LogP contribution in [0.4, 0.5) is 0 Å². The number of nitrogens with one attached hydrogen (secondary N) is 1. The molecular formula is C14H13N3O. The average molecular weight is 239 g/mol. The number of amides is 1. The number of nitrogens with zero attached hydrogens (tertiary/aromatic N) is 2. The average Bonchev–Trinajstić information content (AvgIpc) is 2.45. The van der Waals surface area contributed by atoms with Crippen molar-refractivity contribution in [1.82, 2.24) is 10.4 Å². The molecule has 0 spiro atoms. The SMILES string of the molecule is O=C(N/N=C/Cc1ccccc1)c1ccncc1. The lowest BCUT2D eigenvalue weighted by Gasteiger charge is -1.98. The van der Waals surface area contributed by atoms with E-state index in [2.05, 4.69) is 15.5 Å². The van der Waals surface area contributed by atoms with Gasteiger partial charge in [0, 0.05) is 30.6 Å². The first-order valence-electron chi connectivity index (χ1n) is 5.62. The topological polar surface area (TPSA) is 54.4 Å². The van der Waals surface area contributed by atoms with Crippen molar-refractivity contribution in [1.29, 1.82) is 0 Å². The van der Waals surface area contributed by atoms with Crippen LogP contribution >= 0.6 is 0 Å². The van der Waals surface area contributed by atoms with Crippen LogP contribution in [0.5, 0.6) is 0 Å². The molecule has 4 nitrogen and oxygen atoms in total. The Morgan fingerprint density at radius 3 is 2.61 bits per heavy atom. The second-order valence-electron chi connectivity index (χ2n) is 3.68. The summed E-state index contributed by atoms with van der Waals surface area (Å²) in [7, 11) is 0. The molecule has 0 saturated heterocycles. The van der Waals surface area contributed by atoms with E-state index in [1.54, 1.807) is 30.7 Å². The van der Waals surface area contributed by atoms with Crippen LogP contribution in [0.15, 0.2) is 60.0 Å². The highest BCUT2D eigenvalue weighted by Crippen LogP contribution is 1.98. The fraction of sp³-hybridized carbons (Fsp3) is 0.0714. The molecule has 0 aliphatic carbocycles. The molecule has 18 heavy (non-hydrogen) atoms. The van der Waals surface area contributed by atoms with Crippen LogP contribution < -0.4 is 5.43 Å². The fourth-order valence-electron chi connectivity index (χ4n) is 1.44. The summed E-state index contributed by atoms with van der Waals surface area (Å²) in [6, 6.07) is 13.2. The van der Waals surface area contributed by atoms with Crippen molar-refractivity contribution >= 4 is 12.1 Å². The van der Waals surface area contributed by atoms with Crippen LogP contribution in [-0.2, 0) is 6.42 Å². The Bertz CT molecular complexity index is 523. The monoisotopic (exact) mass is 239 g/mol. The molecule has 0 fully saturated rings. The Morgan fingerprint density at radius 2 is 1.89 bits per heavy atom. The summed E-state index contributed by atoms with van der Waals surface area (Å²) in [5, 5.41) is 3.90. The Labute approximate surface area is 105 Å². The number of aromatic nitrogens is 1. The van der Waals surface area contributed by atoms with Gasteiger partial charge in [-0.3, -0.25) is 9.78 Å². The second kappa shape index (κ2) is 6.30. The number of carbonyl (C=O) groups excluding carboxylic acids is 1. The molecule has 1 aromatic carbocycles. The first kappa shape index (κ1) is 12.0. The summed E-state index contributed by atoms with van der Waals surface area (Å²) in [6.45, 7) is 0. The predicted octanol–water partition coefficient (Wildman–Crippen LogP) is 2.04. The van der Waals surface area contributed by atoms with Crippen LogP contribution in [0.3, 0.4) is 0 Å². The summed E-state index contributed by atoms with van der Waals surface area (Å²) in [5.74, 6) is -0.235. The van der Waals surface area contributed by atoms with E-state index in [9.17, 15) is 4.79 Å². The summed E-state index contributed by atoms with van der Waals surface area (Å²) < 4.78 is 0. The molecule has 90 valence electrons. The summed E-state index contributed by atoms with van der Waals surface area (Å²) in [4.78, 5) is 15.4. The van der Waals surface area contributed by atoms with E-state index >= 15 is 0 Å². The number of benzene rings is 1. The summed E-state index contributed by atoms with van der Waals surface area (Å²) in [6.07, 6.45) is 5.51. The Kier molecular flexibility index (Phi) is 4.19. The zero-order chi connectivity index (χ0) is 12.6. The largest absolute Gasteiger partial charge is 0.271 e. The molecule has 0 aliphatic heterocycles. The van der Waals surface area contributed by atoms with Gasteiger partial charge in [0.05, 0.1) is 0 Å². The lowest BCUT2D eigenvalue weighted by atomic mass is 10.2. The molecule has 0 saturated carbocycles. The molecule has 0 radical (unpaired) electrons. The maximum absolute atomic E-state index is 11.6. The molecule has 2 rings (SSSR count). The minimum Gasteiger partial charge on any atom is -0.267 e. The van der Waals surface area contributed by atoms with Crippen molar-refractivity contribution in [2.45, 2.75) is 6.42 Å². The van der Waals surface area contributed by atoms with E-state index in [-0.39, 0.29) is 5.91 Å². The Hall–Kier alpha value is -2.49. The Morgan fingerprint density at radius 1 is 1.17 bits per heavy atom. The highest BCUT2D eigenvalue weighted by atomic mass is 16.2. The first-order chi connectivity index (χ1) is 8.86. The highest BCUT2D eigenvalue weighted by molar-refractivity contribution is 5.94. The van der Waals surface area contributed by atoms with Gasteiger partial charge in [-0.15, -0.1) is 0 Å². The third-order valence-electron chi connectivity index (χ3n) is 2.37. The highest BCUT2D eigenvalue weighted by Gasteiger charge is 2.01. The van der Waals surface area contributed by atoms with Gasteiger partial charge in [0.1, 0.15) is 0 Å². The van der Waals surface area contributed by atoms with Crippen molar-refractivity contribution in [3.63, 3.8) is 0 Å². The molecule has 0 atom stereocenters. The van der Waals surface area contributed by atoms with Crippen LogP contribution in [0, 0.1) is 0 Å². The van der Waals surface area contributed by atoms with Gasteiger partial charge in [-0.05, 0) is 17.7 Å². The lowest BCUT2D eigenvalue weighted by Crippen LogP contribution is -2.17. The molecule has 1 amide bonds. The van der Waals surface area contributed by atoms with E-state index in [4.69, 9.17) is 0 Å². The van der Waals surface area contributed by atoms with Gasteiger partial charge in [-0.2, -0.15) is 5.10 Å². The molecule has 0 bridgehead atoms. The van der Waals surface area contributed by atoms with E-state index in [1.165, 1.54) is 0 Å². The van der Waals surface area contributed by atoms with Crippen molar-refractivity contribution in [2.75, 3.05) is 0 Å². The number of hydrogen-bond acceptors (Lipinski definition) is 3. The minimum atomic E-state index is -0.235. The standard InChI is InChI=1S/C14H13N3O/c18-14(13-7-9-15-10-8-13)17-16-11-6-12-4-2-1-3-5-12/h1-5,7-11H,6H2,(H,17,18)/b16-11+. The van der Waals surface area contributed by atoms with Crippen LogP contribution in [0.25, 0.3) is 0 Å². The molecule has 1 N–H and O–H groups in total. The van der Waals surface area contributed by atoms with Gasteiger partial charge in [0.25, 0.3) is 5.91 Å². The second-order valence-corrected chi connectivity index (χ2v) is 3.68. The molecule has 0 aliphatic rings.